The Kier molecular flexibility index (Phi) is 4.75. The molecule has 1 atom stereocenters. The van der Waals surface area contributed by atoms with Crippen LogP contribution in [0.25, 0.3) is 0 Å². The number of amides is 1. The van der Waals surface area contributed by atoms with Crippen LogP contribution in [0.4, 0.5) is 0 Å². The van der Waals surface area contributed by atoms with E-state index in [9.17, 15) is 4.79 Å². The zero-order valence-electron chi connectivity index (χ0n) is 11.9. The molecule has 0 aromatic rings. The normalized spacial score (nSPS) is 22.4. The van der Waals surface area contributed by atoms with Crippen molar-refractivity contribution in [3.63, 3.8) is 0 Å². The molecule has 17 heavy (non-hydrogen) atoms. The number of carbonyl (C=O) groups is 1. The second-order valence-electron chi connectivity index (χ2n) is 5.83. The molecule has 3 heteroatoms. The van der Waals surface area contributed by atoms with Gasteiger partial charge in [0.1, 0.15) is 0 Å². The summed E-state index contributed by atoms with van der Waals surface area (Å²) in [5, 5.41) is 6.45. The van der Waals surface area contributed by atoms with Gasteiger partial charge in [-0.2, -0.15) is 0 Å². The van der Waals surface area contributed by atoms with Crippen LogP contribution in [0, 0.1) is 17.8 Å². The highest BCUT2D eigenvalue weighted by molar-refractivity contribution is 5.80. The third kappa shape index (κ3) is 3.32. The Balaban J connectivity index is 3.23. The molecule has 0 saturated heterocycles. The van der Waals surface area contributed by atoms with Gasteiger partial charge in [-0.3, -0.25) is 4.79 Å². The molecule has 0 aromatic heterocycles. The van der Waals surface area contributed by atoms with Gasteiger partial charge in [-0.15, -0.1) is 0 Å². The van der Waals surface area contributed by atoms with E-state index in [-0.39, 0.29) is 5.91 Å². The maximum absolute atomic E-state index is 11.7. The highest BCUT2D eigenvalue weighted by Crippen LogP contribution is 2.27. The van der Waals surface area contributed by atoms with Gasteiger partial charge in [0.05, 0.1) is 6.54 Å². The first-order chi connectivity index (χ1) is 7.84. The lowest BCUT2D eigenvalue weighted by atomic mass is 9.85. The first kappa shape index (κ1) is 14.2. The lowest BCUT2D eigenvalue weighted by molar-refractivity contribution is -0.119. The highest BCUT2D eigenvalue weighted by Gasteiger charge is 2.28. The predicted molar refractivity (Wildman–Crippen MR) is 71.5 cm³/mol. The van der Waals surface area contributed by atoms with Gasteiger partial charge in [0, 0.05) is 11.7 Å². The van der Waals surface area contributed by atoms with E-state index in [1.54, 1.807) is 0 Å². The van der Waals surface area contributed by atoms with Gasteiger partial charge in [-0.25, -0.2) is 0 Å². The smallest absolute Gasteiger partial charge is 0.238 e. The number of allylic oxidation sites excluding steroid dienone is 1. The van der Waals surface area contributed by atoms with Crippen molar-refractivity contribution in [2.45, 2.75) is 47.6 Å². The van der Waals surface area contributed by atoms with Crippen molar-refractivity contribution >= 4 is 5.91 Å². The Morgan fingerprint density at radius 2 is 1.65 bits per heavy atom. The Hall–Kier alpha value is -0.830. The fraction of sp³-hybridized carbons (Fsp3) is 0.786. The van der Waals surface area contributed by atoms with Crippen LogP contribution in [0.1, 0.15) is 41.5 Å². The summed E-state index contributed by atoms with van der Waals surface area (Å²) in [5.74, 6) is 1.38. The molecule has 0 fully saturated rings. The third-order valence-corrected chi connectivity index (χ3v) is 3.27. The molecule has 0 bridgehead atoms. The van der Waals surface area contributed by atoms with Gasteiger partial charge in [0.25, 0.3) is 0 Å². The minimum Gasteiger partial charge on any atom is -0.328 e. The Bertz CT molecular complexity index is 316. The molecule has 0 radical (unpaired) electrons. The van der Waals surface area contributed by atoms with Crippen LogP contribution in [0.3, 0.4) is 0 Å². The zero-order chi connectivity index (χ0) is 13.2. The monoisotopic (exact) mass is 238 g/mol. The zero-order valence-corrected chi connectivity index (χ0v) is 11.9. The van der Waals surface area contributed by atoms with Gasteiger partial charge in [0.2, 0.25) is 5.91 Å². The lowest BCUT2D eigenvalue weighted by Crippen LogP contribution is -2.39. The maximum atomic E-state index is 11.7. The van der Waals surface area contributed by atoms with E-state index in [0.29, 0.717) is 30.3 Å². The van der Waals surface area contributed by atoms with E-state index >= 15 is 0 Å². The molecule has 1 heterocycles. The van der Waals surface area contributed by atoms with Crippen molar-refractivity contribution in [3.8, 4) is 0 Å². The number of hydrogen-bond acceptors (Lipinski definition) is 2. The summed E-state index contributed by atoms with van der Waals surface area (Å²) in [6, 6.07) is 0.298. The Morgan fingerprint density at radius 3 is 2.06 bits per heavy atom. The molecule has 1 rings (SSSR count). The van der Waals surface area contributed by atoms with Crippen LogP contribution in [0.5, 0.6) is 0 Å². The lowest BCUT2D eigenvalue weighted by Gasteiger charge is -2.29. The van der Waals surface area contributed by atoms with Gasteiger partial charge < -0.3 is 10.6 Å². The second-order valence-corrected chi connectivity index (χ2v) is 5.83. The summed E-state index contributed by atoms with van der Waals surface area (Å²) in [4.78, 5) is 11.7. The molecule has 1 aliphatic rings. The molecule has 0 saturated carbocycles. The molecule has 2 N–H and O–H groups in total. The van der Waals surface area contributed by atoms with Crippen molar-refractivity contribution in [3.05, 3.63) is 11.3 Å². The number of carbonyl (C=O) groups excluding carboxylic acids is 1. The Morgan fingerprint density at radius 1 is 1.06 bits per heavy atom. The third-order valence-electron chi connectivity index (χ3n) is 3.27. The molecule has 0 spiro atoms. The van der Waals surface area contributed by atoms with Crippen LogP contribution in [-0.4, -0.2) is 18.5 Å². The summed E-state index contributed by atoms with van der Waals surface area (Å²) in [6.45, 7) is 13.5. The average molecular weight is 238 g/mol. The van der Waals surface area contributed by atoms with Crippen molar-refractivity contribution < 1.29 is 4.79 Å². The van der Waals surface area contributed by atoms with Crippen LogP contribution in [0.2, 0.25) is 0 Å². The van der Waals surface area contributed by atoms with Crippen molar-refractivity contribution in [2.24, 2.45) is 17.8 Å². The summed E-state index contributed by atoms with van der Waals surface area (Å²) in [7, 11) is 0. The molecule has 1 aliphatic heterocycles. The van der Waals surface area contributed by atoms with E-state index in [1.165, 1.54) is 5.57 Å². The molecule has 0 aromatic carbocycles. The largest absolute Gasteiger partial charge is 0.328 e. The fourth-order valence-corrected chi connectivity index (χ4v) is 2.49. The molecule has 98 valence electrons. The van der Waals surface area contributed by atoms with Crippen LogP contribution in [0.15, 0.2) is 11.3 Å². The molecule has 1 amide bonds. The second kappa shape index (κ2) is 5.67. The fourth-order valence-electron chi connectivity index (χ4n) is 2.49. The number of rotatable bonds is 3. The van der Waals surface area contributed by atoms with E-state index in [4.69, 9.17) is 0 Å². The minimum atomic E-state index is 0.0787. The SMILES string of the molecule is CC(C)C1=C(C(C)C)C(C(C)C)NCC(=O)N1. The quantitative estimate of drug-likeness (QED) is 0.792. The van der Waals surface area contributed by atoms with Crippen molar-refractivity contribution in [2.75, 3.05) is 6.54 Å². The first-order valence-corrected chi connectivity index (χ1v) is 6.61. The molecular weight excluding hydrogens is 212 g/mol. The molecule has 1 unspecified atom stereocenters. The van der Waals surface area contributed by atoms with Crippen LogP contribution < -0.4 is 10.6 Å². The van der Waals surface area contributed by atoms with Gasteiger partial charge >= 0.3 is 0 Å². The number of hydrogen-bond donors (Lipinski definition) is 2. The molecular formula is C14H26N2O. The van der Waals surface area contributed by atoms with E-state index in [2.05, 4.69) is 52.2 Å². The minimum absolute atomic E-state index is 0.0787. The highest BCUT2D eigenvalue weighted by atomic mass is 16.1. The summed E-state index contributed by atoms with van der Waals surface area (Å²) in [5.41, 5.74) is 2.48. The van der Waals surface area contributed by atoms with E-state index < -0.39 is 0 Å². The number of nitrogens with one attached hydrogen (secondary N) is 2. The predicted octanol–water partition coefficient (Wildman–Crippen LogP) is 2.30. The van der Waals surface area contributed by atoms with Gasteiger partial charge in [-0.1, -0.05) is 41.5 Å². The summed E-state index contributed by atoms with van der Waals surface area (Å²) >= 11 is 0. The van der Waals surface area contributed by atoms with Crippen molar-refractivity contribution in [1.82, 2.24) is 10.6 Å². The van der Waals surface area contributed by atoms with E-state index in [1.807, 2.05) is 0 Å². The summed E-state index contributed by atoms with van der Waals surface area (Å²) in [6.07, 6.45) is 0. The maximum Gasteiger partial charge on any atom is 0.238 e. The summed E-state index contributed by atoms with van der Waals surface area (Å²) < 4.78 is 0. The topological polar surface area (TPSA) is 41.1 Å². The van der Waals surface area contributed by atoms with E-state index in [0.717, 1.165) is 5.70 Å². The van der Waals surface area contributed by atoms with Crippen molar-refractivity contribution in [1.29, 1.82) is 0 Å². The first-order valence-electron chi connectivity index (χ1n) is 6.61. The van der Waals surface area contributed by atoms with Crippen LogP contribution >= 0.6 is 0 Å². The average Bonchev–Trinajstić information content (AvgIpc) is 2.36. The molecule has 3 nitrogen and oxygen atoms in total. The Labute approximate surface area is 105 Å². The standard InChI is InChI=1S/C14H26N2O/c1-8(2)12-13(9(3)4)15-7-11(17)16-14(12)10(5)6/h8-10,13,15H,7H2,1-6H3,(H,16,17). The molecule has 0 aliphatic carbocycles. The van der Waals surface area contributed by atoms with Gasteiger partial charge in [0.15, 0.2) is 0 Å². The van der Waals surface area contributed by atoms with Gasteiger partial charge in [-0.05, 0) is 23.3 Å². The van der Waals surface area contributed by atoms with Crippen LogP contribution in [-0.2, 0) is 4.79 Å².